The van der Waals surface area contributed by atoms with Crippen LogP contribution < -0.4 is 5.32 Å². The lowest BCUT2D eigenvalue weighted by atomic mass is 10.2. The van der Waals surface area contributed by atoms with E-state index in [4.69, 9.17) is 5.11 Å². The minimum Gasteiger partial charge on any atom is -0.393 e. The number of nitrogens with one attached hydrogen (secondary N) is 1. The number of hydrogen-bond donors (Lipinski definition) is 2. The SMILES string of the molecule is CC(O)CCNC(=O)c1cc(I)cc(I)c1I. The molecule has 94 valence electrons. The summed E-state index contributed by atoms with van der Waals surface area (Å²) >= 11 is 6.61. The molecule has 1 atom stereocenters. The molecule has 0 spiro atoms. The van der Waals surface area contributed by atoms with Crippen molar-refractivity contribution >= 4 is 73.7 Å². The fourth-order valence-corrected chi connectivity index (χ4v) is 3.61. The van der Waals surface area contributed by atoms with Crippen molar-refractivity contribution in [2.45, 2.75) is 19.4 Å². The van der Waals surface area contributed by atoms with Crippen LogP contribution in [0.25, 0.3) is 0 Å². The second-order valence-corrected chi connectivity index (χ2v) is 7.13. The first-order valence-electron chi connectivity index (χ1n) is 5.02. The summed E-state index contributed by atoms with van der Waals surface area (Å²) in [6.07, 6.45) is 0.189. The van der Waals surface area contributed by atoms with Crippen LogP contribution >= 0.6 is 67.8 Å². The second-order valence-electron chi connectivity index (χ2n) is 3.64. The number of benzene rings is 1. The molecule has 0 heterocycles. The van der Waals surface area contributed by atoms with E-state index in [9.17, 15) is 4.79 Å². The fraction of sp³-hybridized carbons (Fsp3) is 0.364. The van der Waals surface area contributed by atoms with Gasteiger partial charge in [-0.25, -0.2) is 0 Å². The van der Waals surface area contributed by atoms with E-state index in [-0.39, 0.29) is 12.0 Å². The smallest absolute Gasteiger partial charge is 0.252 e. The first-order chi connectivity index (χ1) is 7.91. The van der Waals surface area contributed by atoms with E-state index in [0.29, 0.717) is 18.5 Å². The van der Waals surface area contributed by atoms with E-state index < -0.39 is 0 Å². The normalized spacial score (nSPS) is 12.3. The van der Waals surface area contributed by atoms with E-state index in [1.165, 1.54) is 0 Å². The third kappa shape index (κ3) is 5.15. The Bertz CT molecular complexity index is 421. The summed E-state index contributed by atoms with van der Waals surface area (Å²) in [5, 5.41) is 11.9. The Labute approximate surface area is 142 Å². The summed E-state index contributed by atoms with van der Waals surface area (Å²) in [6.45, 7) is 2.21. The van der Waals surface area contributed by atoms with Gasteiger partial charge in [-0.2, -0.15) is 0 Å². The lowest BCUT2D eigenvalue weighted by molar-refractivity contribution is 0.0944. The molecule has 3 nitrogen and oxygen atoms in total. The largest absolute Gasteiger partial charge is 0.393 e. The number of amides is 1. The molecule has 0 aromatic heterocycles. The Morgan fingerprint density at radius 3 is 2.65 bits per heavy atom. The lowest BCUT2D eigenvalue weighted by Crippen LogP contribution is -2.27. The molecule has 6 heteroatoms. The molecule has 1 aromatic rings. The zero-order valence-electron chi connectivity index (χ0n) is 9.14. The van der Waals surface area contributed by atoms with Crippen LogP contribution in [0.3, 0.4) is 0 Å². The Kier molecular flexibility index (Phi) is 6.95. The number of carbonyl (C=O) groups excluding carboxylic acids is 1. The van der Waals surface area contributed by atoms with Gasteiger partial charge in [-0.05, 0) is 93.2 Å². The van der Waals surface area contributed by atoms with Crippen molar-refractivity contribution in [3.63, 3.8) is 0 Å². The van der Waals surface area contributed by atoms with Crippen molar-refractivity contribution in [2.75, 3.05) is 6.54 Å². The monoisotopic (exact) mass is 571 g/mol. The summed E-state index contributed by atoms with van der Waals surface area (Å²) in [4.78, 5) is 11.9. The van der Waals surface area contributed by atoms with Gasteiger partial charge >= 0.3 is 0 Å². The molecular weight excluding hydrogens is 559 g/mol. The highest BCUT2D eigenvalue weighted by Crippen LogP contribution is 2.22. The van der Waals surface area contributed by atoms with Gasteiger partial charge in [-0.3, -0.25) is 4.79 Å². The first kappa shape index (κ1) is 15.9. The lowest BCUT2D eigenvalue weighted by Gasteiger charge is -2.09. The van der Waals surface area contributed by atoms with Crippen molar-refractivity contribution in [3.05, 3.63) is 28.4 Å². The van der Waals surface area contributed by atoms with E-state index in [2.05, 4.69) is 73.1 Å². The molecular formula is C11H12I3NO2. The van der Waals surface area contributed by atoms with E-state index in [0.717, 1.165) is 10.7 Å². The fourth-order valence-electron chi connectivity index (χ4n) is 1.21. The molecule has 0 saturated carbocycles. The third-order valence-electron chi connectivity index (χ3n) is 2.09. The molecule has 0 saturated heterocycles. The van der Waals surface area contributed by atoms with E-state index in [1.54, 1.807) is 6.92 Å². The average molecular weight is 571 g/mol. The number of rotatable bonds is 4. The van der Waals surface area contributed by atoms with Crippen molar-refractivity contribution in [2.24, 2.45) is 0 Å². The molecule has 0 bridgehead atoms. The maximum absolute atomic E-state index is 11.9. The van der Waals surface area contributed by atoms with Crippen molar-refractivity contribution in [3.8, 4) is 0 Å². The van der Waals surface area contributed by atoms with Gasteiger partial charge in [0.15, 0.2) is 0 Å². The highest BCUT2D eigenvalue weighted by atomic mass is 127. The minimum absolute atomic E-state index is 0.0773. The maximum Gasteiger partial charge on any atom is 0.252 e. The highest BCUT2D eigenvalue weighted by molar-refractivity contribution is 14.1. The molecule has 1 rings (SSSR count). The number of hydrogen-bond acceptors (Lipinski definition) is 2. The van der Waals surface area contributed by atoms with Gasteiger partial charge in [0, 0.05) is 17.3 Å². The molecule has 0 aliphatic carbocycles. The predicted octanol–water partition coefficient (Wildman–Crippen LogP) is 3.00. The Morgan fingerprint density at radius 2 is 2.06 bits per heavy atom. The van der Waals surface area contributed by atoms with Gasteiger partial charge < -0.3 is 10.4 Å². The molecule has 1 unspecified atom stereocenters. The molecule has 2 N–H and O–H groups in total. The topological polar surface area (TPSA) is 49.3 Å². The summed E-state index contributed by atoms with van der Waals surface area (Å²) in [5.41, 5.74) is 0.701. The van der Waals surface area contributed by atoms with Gasteiger partial charge in [0.1, 0.15) is 0 Å². The maximum atomic E-state index is 11.9. The number of aliphatic hydroxyl groups excluding tert-OH is 1. The Morgan fingerprint density at radius 1 is 1.41 bits per heavy atom. The molecule has 1 aromatic carbocycles. The van der Waals surface area contributed by atoms with Gasteiger partial charge in [0.05, 0.1) is 11.7 Å². The summed E-state index contributed by atoms with van der Waals surface area (Å²) in [7, 11) is 0. The highest BCUT2D eigenvalue weighted by Gasteiger charge is 2.13. The van der Waals surface area contributed by atoms with Crippen LogP contribution in [0.15, 0.2) is 12.1 Å². The molecule has 0 radical (unpaired) electrons. The summed E-state index contributed by atoms with van der Waals surface area (Å²) in [5.74, 6) is -0.0773. The van der Waals surface area contributed by atoms with Crippen LogP contribution in [0.1, 0.15) is 23.7 Å². The van der Waals surface area contributed by atoms with E-state index in [1.807, 2.05) is 12.1 Å². The summed E-state index contributed by atoms with van der Waals surface area (Å²) in [6, 6.07) is 3.91. The van der Waals surface area contributed by atoms with Gasteiger partial charge in [-0.15, -0.1) is 0 Å². The van der Waals surface area contributed by atoms with Crippen LogP contribution in [-0.2, 0) is 0 Å². The van der Waals surface area contributed by atoms with Crippen molar-refractivity contribution in [1.29, 1.82) is 0 Å². The van der Waals surface area contributed by atoms with Gasteiger partial charge in [0.25, 0.3) is 5.91 Å². The zero-order chi connectivity index (χ0) is 13.0. The number of carbonyl (C=O) groups is 1. The van der Waals surface area contributed by atoms with Crippen LogP contribution in [0.4, 0.5) is 0 Å². The summed E-state index contributed by atoms with van der Waals surface area (Å²) < 4.78 is 3.10. The Balaban J connectivity index is 2.75. The molecule has 1 amide bonds. The van der Waals surface area contributed by atoms with Crippen molar-refractivity contribution < 1.29 is 9.90 Å². The number of halogens is 3. The average Bonchev–Trinajstić information content (AvgIpc) is 2.22. The van der Waals surface area contributed by atoms with Gasteiger partial charge in [-0.1, -0.05) is 0 Å². The number of aliphatic hydroxyl groups is 1. The zero-order valence-corrected chi connectivity index (χ0v) is 15.6. The second kappa shape index (κ2) is 7.43. The molecule has 0 aliphatic heterocycles. The quantitative estimate of drug-likeness (QED) is 0.432. The van der Waals surface area contributed by atoms with Crippen molar-refractivity contribution in [1.82, 2.24) is 5.32 Å². The van der Waals surface area contributed by atoms with E-state index >= 15 is 0 Å². The Hall–Kier alpha value is 0.840. The van der Waals surface area contributed by atoms with Crippen LogP contribution in [-0.4, -0.2) is 23.7 Å². The third-order valence-corrected chi connectivity index (χ3v) is 5.75. The van der Waals surface area contributed by atoms with Crippen LogP contribution in [0, 0.1) is 10.7 Å². The molecule has 0 fully saturated rings. The minimum atomic E-state index is -0.384. The molecule has 17 heavy (non-hydrogen) atoms. The van der Waals surface area contributed by atoms with Crippen LogP contribution in [0.5, 0.6) is 0 Å². The van der Waals surface area contributed by atoms with Gasteiger partial charge in [0.2, 0.25) is 0 Å². The standard InChI is InChI=1S/C11H12I3NO2/c1-6(16)2-3-15-11(17)8-4-7(12)5-9(13)10(8)14/h4-6,16H,2-3H2,1H3,(H,15,17). The predicted molar refractivity (Wildman–Crippen MR) is 93.2 cm³/mol. The van der Waals surface area contributed by atoms with Crippen LogP contribution in [0.2, 0.25) is 0 Å². The first-order valence-corrected chi connectivity index (χ1v) is 8.26. The molecule has 0 aliphatic rings.